The van der Waals surface area contributed by atoms with Gasteiger partial charge in [-0.2, -0.15) is 0 Å². The van der Waals surface area contributed by atoms with E-state index in [4.69, 9.17) is 0 Å². The number of halogens is 1. The predicted molar refractivity (Wildman–Crippen MR) is 69.6 cm³/mol. The minimum absolute atomic E-state index is 0.200. The second kappa shape index (κ2) is 5.58. The van der Waals surface area contributed by atoms with E-state index in [1.54, 1.807) is 12.4 Å². The van der Waals surface area contributed by atoms with E-state index in [-0.39, 0.29) is 11.2 Å². The summed E-state index contributed by atoms with van der Waals surface area (Å²) >= 11 is 3.34. The first-order valence-electron chi connectivity index (χ1n) is 5.69. The molecule has 0 N–H and O–H groups in total. The lowest BCUT2D eigenvalue weighted by Gasteiger charge is -2.26. The van der Waals surface area contributed by atoms with Crippen LogP contribution in [0, 0.1) is 5.41 Å². The van der Waals surface area contributed by atoms with Crippen LogP contribution in [0.15, 0.2) is 22.9 Å². The number of nitrogens with zero attached hydrogens (tertiary/aromatic N) is 1. The summed E-state index contributed by atoms with van der Waals surface area (Å²) in [6.45, 7) is 6.22. The summed E-state index contributed by atoms with van der Waals surface area (Å²) in [6.07, 6.45) is 6.16. The predicted octanol–water partition coefficient (Wildman–Crippen LogP) is 4.24. The highest BCUT2D eigenvalue weighted by Gasteiger charge is 2.31. The van der Waals surface area contributed by atoms with Crippen molar-refractivity contribution in [3.63, 3.8) is 0 Å². The lowest BCUT2D eigenvalue weighted by molar-refractivity contribution is 0.0793. The zero-order valence-corrected chi connectivity index (χ0v) is 11.7. The van der Waals surface area contributed by atoms with Crippen LogP contribution in [0.5, 0.6) is 0 Å². The SMILES string of the molecule is CCCC(C)(CC)C(=O)c1cncc(Br)c1. The topological polar surface area (TPSA) is 30.0 Å². The van der Waals surface area contributed by atoms with E-state index in [0.29, 0.717) is 5.56 Å². The first kappa shape index (κ1) is 13.4. The fraction of sp³-hybridized carbons (Fsp3) is 0.538. The van der Waals surface area contributed by atoms with E-state index < -0.39 is 0 Å². The highest BCUT2D eigenvalue weighted by atomic mass is 79.9. The summed E-state index contributed by atoms with van der Waals surface area (Å²) in [4.78, 5) is 16.4. The Labute approximate surface area is 106 Å². The van der Waals surface area contributed by atoms with Gasteiger partial charge < -0.3 is 0 Å². The van der Waals surface area contributed by atoms with Gasteiger partial charge in [0.15, 0.2) is 5.78 Å². The largest absolute Gasteiger partial charge is 0.294 e. The molecule has 1 aromatic rings. The quantitative estimate of drug-likeness (QED) is 0.757. The van der Waals surface area contributed by atoms with Gasteiger partial charge in [-0.05, 0) is 34.8 Å². The van der Waals surface area contributed by atoms with E-state index in [2.05, 4.69) is 34.8 Å². The zero-order chi connectivity index (χ0) is 12.2. The van der Waals surface area contributed by atoms with Crippen molar-refractivity contribution < 1.29 is 4.79 Å². The lowest BCUT2D eigenvalue weighted by atomic mass is 9.77. The smallest absolute Gasteiger partial charge is 0.170 e. The maximum atomic E-state index is 12.4. The van der Waals surface area contributed by atoms with Gasteiger partial charge in [0.1, 0.15) is 0 Å². The van der Waals surface area contributed by atoms with Gasteiger partial charge in [0.2, 0.25) is 0 Å². The van der Waals surface area contributed by atoms with Crippen LogP contribution in [0.2, 0.25) is 0 Å². The number of hydrogen-bond acceptors (Lipinski definition) is 2. The first-order valence-corrected chi connectivity index (χ1v) is 6.48. The van der Waals surface area contributed by atoms with Crippen LogP contribution in [-0.4, -0.2) is 10.8 Å². The molecule has 2 nitrogen and oxygen atoms in total. The number of rotatable bonds is 5. The number of carbonyl (C=O) groups is 1. The molecule has 0 amide bonds. The number of carbonyl (C=O) groups excluding carboxylic acids is 1. The summed E-state index contributed by atoms with van der Waals surface area (Å²) in [5, 5.41) is 0. The third kappa shape index (κ3) is 2.91. The Morgan fingerprint density at radius 1 is 1.44 bits per heavy atom. The third-order valence-corrected chi connectivity index (χ3v) is 3.53. The summed E-state index contributed by atoms with van der Waals surface area (Å²) in [6, 6.07) is 1.85. The highest BCUT2D eigenvalue weighted by Crippen LogP contribution is 2.32. The molecule has 0 aromatic carbocycles. The fourth-order valence-electron chi connectivity index (χ4n) is 1.89. The molecule has 0 saturated heterocycles. The molecule has 0 radical (unpaired) electrons. The second-order valence-corrected chi connectivity index (χ2v) is 5.30. The van der Waals surface area contributed by atoms with Crippen molar-refractivity contribution in [3.05, 3.63) is 28.5 Å². The summed E-state index contributed by atoms with van der Waals surface area (Å²) in [5.74, 6) is 0.200. The Balaban J connectivity index is 3.00. The molecule has 1 atom stereocenters. The molecule has 0 spiro atoms. The number of hydrogen-bond donors (Lipinski definition) is 0. The van der Waals surface area contributed by atoms with Crippen LogP contribution in [-0.2, 0) is 0 Å². The van der Waals surface area contributed by atoms with Gasteiger partial charge in [-0.3, -0.25) is 9.78 Å². The van der Waals surface area contributed by atoms with Gasteiger partial charge >= 0.3 is 0 Å². The molecule has 3 heteroatoms. The van der Waals surface area contributed by atoms with Crippen LogP contribution >= 0.6 is 15.9 Å². The van der Waals surface area contributed by atoms with Crippen molar-refractivity contribution in [1.29, 1.82) is 0 Å². The van der Waals surface area contributed by atoms with Crippen molar-refractivity contribution in [3.8, 4) is 0 Å². The number of aromatic nitrogens is 1. The van der Waals surface area contributed by atoms with E-state index in [1.807, 2.05) is 13.0 Å². The van der Waals surface area contributed by atoms with Crippen molar-refractivity contribution >= 4 is 21.7 Å². The van der Waals surface area contributed by atoms with Crippen LogP contribution < -0.4 is 0 Å². The maximum Gasteiger partial charge on any atom is 0.170 e. The molecule has 88 valence electrons. The molecule has 1 heterocycles. The Bertz CT molecular complexity index is 378. The average molecular weight is 284 g/mol. The summed E-state index contributed by atoms with van der Waals surface area (Å²) < 4.78 is 0.855. The Kier molecular flexibility index (Phi) is 4.66. The monoisotopic (exact) mass is 283 g/mol. The van der Waals surface area contributed by atoms with E-state index in [0.717, 1.165) is 23.7 Å². The van der Waals surface area contributed by atoms with Gasteiger partial charge in [0, 0.05) is 27.8 Å². The van der Waals surface area contributed by atoms with Gasteiger partial charge in [-0.15, -0.1) is 0 Å². The number of Topliss-reactive ketones (excluding diaryl/α,β-unsaturated/α-hetero) is 1. The van der Waals surface area contributed by atoms with Gasteiger partial charge in [-0.1, -0.05) is 27.2 Å². The Morgan fingerprint density at radius 3 is 2.62 bits per heavy atom. The van der Waals surface area contributed by atoms with Crippen LogP contribution in [0.4, 0.5) is 0 Å². The molecule has 0 aliphatic carbocycles. The van der Waals surface area contributed by atoms with E-state index >= 15 is 0 Å². The van der Waals surface area contributed by atoms with Crippen molar-refractivity contribution in [2.75, 3.05) is 0 Å². The normalized spacial score (nSPS) is 14.5. The molecular formula is C13H18BrNO. The minimum atomic E-state index is -0.253. The third-order valence-electron chi connectivity index (χ3n) is 3.10. The van der Waals surface area contributed by atoms with Gasteiger partial charge in [0.25, 0.3) is 0 Å². The standard InChI is InChI=1S/C13H18BrNO/c1-4-6-13(3,5-2)12(16)10-7-11(14)9-15-8-10/h7-9H,4-6H2,1-3H3. The molecule has 0 bridgehead atoms. The molecule has 1 rings (SSSR count). The molecule has 0 saturated carbocycles. The number of pyridine rings is 1. The second-order valence-electron chi connectivity index (χ2n) is 4.39. The minimum Gasteiger partial charge on any atom is -0.294 e. The molecule has 0 aliphatic heterocycles. The molecule has 1 aromatic heterocycles. The molecule has 1 unspecified atom stereocenters. The van der Waals surface area contributed by atoms with Crippen LogP contribution in [0.1, 0.15) is 50.4 Å². The lowest BCUT2D eigenvalue weighted by Crippen LogP contribution is -2.27. The van der Waals surface area contributed by atoms with E-state index in [9.17, 15) is 4.79 Å². The van der Waals surface area contributed by atoms with Crippen molar-refractivity contribution in [2.24, 2.45) is 5.41 Å². The maximum absolute atomic E-state index is 12.4. The Hall–Kier alpha value is -0.700. The average Bonchev–Trinajstić information content (AvgIpc) is 2.28. The Morgan fingerprint density at radius 2 is 2.12 bits per heavy atom. The van der Waals surface area contributed by atoms with Gasteiger partial charge in [-0.25, -0.2) is 0 Å². The number of ketones is 1. The molecule has 0 fully saturated rings. The first-order chi connectivity index (χ1) is 7.53. The van der Waals surface area contributed by atoms with E-state index in [1.165, 1.54) is 0 Å². The molecule has 16 heavy (non-hydrogen) atoms. The van der Waals surface area contributed by atoms with Gasteiger partial charge in [0.05, 0.1) is 0 Å². The van der Waals surface area contributed by atoms with Crippen LogP contribution in [0.3, 0.4) is 0 Å². The summed E-state index contributed by atoms with van der Waals surface area (Å²) in [7, 11) is 0. The zero-order valence-electron chi connectivity index (χ0n) is 10.1. The van der Waals surface area contributed by atoms with Crippen LogP contribution in [0.25, 0.3) is 0 Å². The highest BCUT2D eigenvalue weighted by molar-refractivity contribution is 9.10. The summed E-state index contributed by atoms with van der Waals surface area (Å²) in [5.41, 5.74) is 0.448. The fourth-order valence-corrected chi connectivity index (χ4v) is 2.25. The van der Waals surface area contributed by atoms with Crippen molar-refractivity contribution in [2.45, 2.75) is 40.0 Å². The molecule has 0 aliphatic rings. The molecular weight excluding hydrogens is 266 g/mol. The van der Waals surface area contributed by atoms with Crippen molar-refractivity contribution in [1.82, 2.24) is 4.98 Å².